The van der Waals surface area contributed by atoms with E-state index in [9.17, 15) is 4.79 Å². The second kappa shape index (κ2) is 10.4. The van der Waals surface area contributed by atoms with Crippen LogP contribution in [0.15, 0.2) is 84.9 Å². The minimum Gasteiger partial charge on any atom is -0.349 e. The highest BCUT2D eigenvalue weighted by molar-refractivity contribution is 7.71. The number of nitrogens with one attached hydrogen (secondary N) is 1. The molecule has 1 aliphatic rings. The van der Waals surface area contributed by atoms with Crippen LogP contribution < -0.4 is 5.32 Å². The van der Waals surface area contributed by atoms with Crippen LogP contribution in [0.25, 0.3) is 17.1 Å². The van der Waals surface area contributed by atoms with Gasteiger partial charge in [-0.1, -0.05) is 66.2 Å². The Balaban J connectivity index is 1.31. The van der Waals surface area contributed by atoms with E-state index in [0.717, 1.165) is 43.0 Å². The quantitative estimate of drug-likeness (QED) is 0.382. The molecule has 0 bridgehead atoms. The molecule has 0 unspecified atom stereocenters. The van der Waals surface area contributed by atoms with Gasteiger partial charge in [0.1, 0.15) is 0 Å². The summed E-state index contributed by atoms with van der Waals surface area (Å²) in [5.41, 5.74) is 3.95. The van der Waals surface area contributed by atoms with Gasteiger partial charge in [-0.15, -0.1) is 5.10 Å². The molecule has 2 heterocycles. The van der Waals surface area contributed by atoms with Gasteiger partial charge in [-0.05, 0) is 56.2 Å². The van der Waals surface area contributed by atoms with Crippen molar-refractivity contribution in [3.05, 3.63) is 101 Å². The fraction of sp³-hybridized carbons (Fsp3) is 0.250. The Morgan fingerprint density at radius 2 is 1.57 bits per heavy atom. The molecule has 1 N–H and O–H groups in total. The number of aryl methyl sites for hydroxylation is 1. The van der Waals surface area contributed by atoms with E-state index in [1.54, 1.807) is 0 Å². The summed E-state index contributed by atoms with van der Waals surface area (Å²) in [6.45, 7) is 4.45. The molecule has 0 spiro atoms. The van der Waals surface area contributed by atoms with Crippen molar-refractivity contribution in [2.75, 3.05) is 13.1 Å². The van der Waals surface area contributed by atoms with Crippen molar-refractivity contribution in [2.45, 2.75) is 32.5 Å². The zero-order chi connectivity index (χ0) is 24.2. The van der Waals surface area contributed by atoms with Crippen LogP contribution in [0.3, 0.4) is 0 Å². The van der Waals surface area contributed by atoms with Gasteiger partial charge in [0.2, 0.25) is 4.77 Å². The lowest BCUT2D eigenvalue weighted by atomic mass is 10.0. The van der Waals surface area contributed by atoms with Crippen molar-refractivity contribution in [1.82, 2.24) is 24.6 Å². The van der Waals surface area contributed by atoms with E-state index in [2.05, 4.69) is 58.1 Å². The summed E-state index contributed by atoms with van der Waals surface area (Å²) in [7, 11) is 0. The molecule has 4 aromatic rings. The van der Waals surface area contributed by atoms with Crippen LogP contribution in [0, 0.1) is 11.7 Å². The molecule has 0 radical (unpaired) electrons. The standard InChI is InChI=1S/C28H29N5OS/c1-21-12-14-25(15-13-21)33-26(22-8-4-2-5-9-22)30-32(28(33)35)20-31-18-16-24(17-19-31)29-27(34)23-10-6-3-7-11-23/h2-15,24H,16-20H2,1H3,(H,29,34). The summed E-state index contributed by atoms with van der Waals surface area (Å²) in [6, 6.07) is 28.1. The van der Waals surface area contributed by atoms with Gasteiger partial charge in [-0.25, -0.2) is 4.68 Å². The molecule has 5 rings (SSSR count). The predicted octanol–water partition coefficient (Wildman–Crippen LogP) is 5.23. The number of rotatable bonds is 6. The average Bonchev–Trinajstić information content (AvgIpc) is 3.22. The summed E-state index contributed by atoms with van der Waals surface area (Å²) in [5.74, 6) is 0.833. The van der Waals surface area contributed by atoms with Gasteiger partial charge in [-0.2, -0.15) is 0 Å². The maximum atomic E-state index is 12.5. The van der Waals surface area contributed by atoms with Gasteiger partial charge in [0.05, 0.1) is 6.67 Å². The number of carbonyl (C=O) groups excluding carboxylic acids is 1. The molecule has 0 atom stereocenters. The van der Waals surface area contributed by atoms with E-state index in [1.165, 1.54) is 5.56 Å². The third-order valence-corrected chi connectivity index (χ3v) is 6.85. The van der Waals surface area contributed by atoms with Crippen LogP contribution in [0.4, 0.5) is 0 Å². The second-order valence-corrected chi connectivity index (χ2v) is 9.38. The number of piperidine rings is 1. The van der Waals surface area contributed by atoms with Crippen molar-refractivity contribution in [3.8, 4) is 17.1 Å². The molecule has 1 fully saturated rings. The third-order valence-electron chi connectivity index (χ3n) is 6.46. The van der Waals surface area contributed by atoms with Gasteiger partial charge in [0, 0.05) is 35.9 Å². The van der Waals surface area contributed by atoms with E-state index < -0.39 is 0 Å². The number of hydrogen-bond acceptors (Lipinski definition) is 4. The molecule has 1 amide bonds. The maximum Gasteiger partial charge on any atom is 0.251 e. The van der Waals surface area contributed by atoms with Crippen LogP contribution in [-0.2, 0) is 6.67 Å². The normalized spacial score (nSPS) is 14.7. The SMILES string of the molecule is Cc1ccc(-n2c(-c3ccccc3)nn(CN3CCC(NC(=O)c4ccccc4)CC3)c2=S)cc1. The smallest absolute Gasteiger partial charge is 0.251 e. The van der Waals surface area contributed by atoms with Gasteiger partial charge in [0.25, 0.3) is 5.91 Å². The first-order valence-corrected chi connectivity index (χ1v) is 12.4. The molecular weight excluding hydrogens is 454 g/mol. The summed E-state index contributed by atoms with van der Waals surface area (Å²) in [4.78, 5) is 14.9. The first-order chi connectivity index (χ1) is 17.1. The molecule has 1 aliphatic heterocycles. The number of nitrogens with zero attached hydrogens (tertiary/aromatic N) is 4. The molecule has 35 heavy (non-hydrogen) atoms. The molecule has 178 valence electrons. The van der Waals surface area contributed by atoms with Crippen LogP contribution in [0.2, 0.25) is 0 Å². The van der Waals surface area contributed by atoms with Crippen LogP contribution in [0.1, 0.15) is 28.8 Å². The van der Waals surface area contributed by atoms with E-state index in [1.807, 2.05) is 53.2 Å². The Kier molecular flexibility index (Phi) is 6.88. The molecule has 0 saturated carbocycles. The third kappa shape index (κ3) is 5.26. The first-order valence-electron chi connectivity index (χ1n) is 12.0. The highest BCUT2D eigenvalue weighted by Crippen LogP contribution is 2.23. The zero-order valence-corrected chi connectivity index (χ0v) is 20.6. The van der Waals surface area contributed by atoms with Crippen LogP contribution in [-0.4, -0.2) is 44.3 Å². The Labute approximate surface area is 210 Å². The van der Waals surface area contributed by atoms with E-state index in [0.29, 0.717) is 17.0 Å². The lowest BCUT2D eigenvalue weighted by Crippen LogP contribution is -2.45. The molecule has 3 aromatic carbocycles. The fourth-order valence-electron chi connectivity index (χ4n) is 4.47. The topological polar surface area (TPSA) is 55.1 Å². The van der Waals surface area contributed by atoms with E-state index in [-0.39, 0.29) is 11.9 Å². The van der Waals surface area contributed by atoms with E-state index >= 15 is 0 Å². The largest absolute Gasteiger partial charge is 0.349 e. The second-order valence-electron chi connectivity index (χ2n) is 9.02. The molecule has 7 heteroatoms. The van der Waals surface area contributed by atoms with Gasteiger partial charge < -0.3 is 5.32 Å². The first kappa shape index (κ1) is 23.2. The fourth-order valence-corrected chi connectivity index (χ4v) is 4.76. The Morgan fingerprint density at radius 1 is 0.943 bits per heavy atom. The number of hydrogen-bond donors (Lipinski definition) is 1. The number of carbonyl (C=O) groups is 1. The minimum atomic E-state index is -0.00406. The highest BCUT2D eigenvalue weighted by atomic mass is 32.1. The zero-order valence-electron chi connectivity index (χ0n) is 19.8. The van der Waals surface area contributed by atoms with Crippen LogP contribution in [0.5, 0.6) is 0 Å². The molecule has 6 nitrogen and oxygen atoms in total. The summed E-state index contributed by atoms with van der Waals surface area (Å²) in [5, 5.41) is 8.12. The maximum absolute atomic E-state index is 12.5. The summed E-state index contributed by atoms with van der Waals surface area (Å²) < 4.78 is 4.64. The van der Waals surface area contributed by atoms with E-state index in [4.69, 9.17) is 17.3 Å². The number of aromatic nitrogens is 3. The predicted molar refractivity (Wildman–Crippen MR) is 141 cm³/mol. The van der Waals surface area contributed by atoms with Crippen LogP contribution >= 0.6 is 12.2 Å². The minimum absolute atomic E-state index is 0.00406. The summed E-state index contributed by atoms with van der Waals surface area (Å²) in [6.07, 6.45) is 1.80. The monoisotopic (exact) mass is 483 g/mol. The number of amides is 1. The summed E-state index contributed by atoms with van der Waals surface area (Å²) >= 11 is 5.91. The van der Waals surface area contributed by atoms with Crippen molar-refractivity contribution in [3.63, 3.8) is 0 Å². The van der Waals surface area contributed by atoms with Crippen molar-refractivity contribution in [1.29, 1.82) is 0 Å². The molecule has 1 saturated heterocycles. The lowest BCUT2D eigenvalue weighted by Gasteiger charge is -2.32. The van der Waals surface area contributed by atoms with Gasteiger partial charge >= 0.3 is 0 Å². The van der Waals surface area contributed by atoms with Gasteiger partial charge in [0.15, 0.2) is 5.82 Å². The Morgan fingerprint density at radius 3 is 2.23 bits per heavy atom. The lowest BCUT2D eigenvalue weighted by molar-refractivity contribution is 0.0896. The number of benzene rings is 3. The van der Waals surface area contributed by atoms with Crippen molar-refractivity contribution < 1.29 is 4.79 Å². The van der Waals surface area contributed by atoms with Gasteiger partial charge in [-0.3, -0.25) is 14.3 Å². The average molecular weight is 484 g/mol. The molecular formula is C28H29N5OS. The van der Waals surface area contributed by atoms with Crippen molar-refractivity contribution in [2.24, 2.45) is 0 Å². The Bertz CT molecular complexity index is 1340. The highest BCUT2D eigenvalue weighted by Gasteiger charge is 2.23. The molecule has 1 aromatic heterocycles. The number of likely N-dealkylation sites (tertiary alicyclic amines) is 1. The molecule has 0 aliphatic carbocycles. The Hall–Kier alpha value is -3.55. The van der Waals surface area contributed by atoms with Crippen molar-refractivity contribution >= 4 is 18.1 Å².